The van der Waals surface area contributed by atoms with E-state index in [-0.39, 0.29) is 12.3 Å². The molecule has 2 N–H and O–H groups in total. The SMILES string of the molecule is CC(=O)N1CCN(c2ccc(CC(NC(=O)OC(C)(C)C)C(=O)O)cc2)CC1. The zero-order valence-electron chi connectivity index (χ0n) is 16.9. The number of carboxylic acid groups (broad SMARTS) is 1. The number of piperazine rings is 1. The van der Waals surface area contributed by atoms with Crippen molar-refractivity contribution in [3.8, 4) is 0 Å². The predicted octanol–water partition coefficient (Wildman–Crippen LogP) is 1.88. The Hall–Kier alpha value is -2.77. The van der Waals surface area contributed by atoms with Gasteiger partial charge in [0.25, 0.3) is 0 Å². The van der Waals surface area contributed by atoms with Crippen LogP contribution in [-0.4, -0.2) is 65.8 Å². The molecule has 1 aliphatic heterocycles. The largest absolute Gasteiger partial charge is 0.480 e. The first-order valence-corrected chi connectivity index (χ1v) is 9.37. The van der Waals surface area contributed by atoms with E-state index in [1.165, 1.54) is 0 Å². The van der Waals surface area contributed by atoms with Crippen LogP contribution in [0.1, 0.15) is 33.3 Å². The molecule has 1 atom stereocenters. The number of hydrogen-bond donors (Lipinski definition) is 2. The van der Waals surface area contributed by atoms with Crippen LogP contribution in [0.15, 0.2) is 24.3 Å². The molecule has 0 aromatic heterocycles. The van der Waals surface area contributed by atoms with Gasteiger partial charge in [-0.1, -0.05) is 12.1 Å². The van der Waals surface area contributed by atoms with E-state index in [0.29, 0.717) is 13.1 Å². The van der Waals surface area contributed by atoms with E-state index < -0.39 is 23.7 Å². The highest BCUT2D eigenvalue weighted by atomic mass is 16.6. The third-order valence-corrected chi connectivity index (χ3v) is 4.46. The number of carbonyl (C=O) groups excluding carboxylic acids is 2. The molecule has 2 rings (SSSR count). The van der Waals surface area contributed by atoms with E-state index in [9.17, 15) is 19.5 Å². The second kappa shape index (κ2) is 8.95. The summed E-state index contributed by atoms with van der Waals surface area (Å²) < 4.78 is 5.13. The lowest BCUT2D eigenvalue weighted by molar-refractivity contribution is -0.139. The van der Waals surface area contributed by atoms with Gasteiger partial charge < -0.3 is 25.0 Å². The number of aliphatic carboxylic acids is 1. The molecule has 1 saturated heterocycles. The minimum absolute atomic E-state index is 0.0900. The van der Waals surface area contributed by atoms with Gasteiger partial charge >= 0.3 is 12.1 Å². The second-order valence-electron chi connectivity index (χ2n) is 7.90. The first kappa shape index (κ1) is 21.5. The van der Waals surface area contributed by atoms with Crippen molar-refractivity contribution in [2.24, 2.45) is 0 Å². The number of alkyl carbamates (subject to hydrolysis) is 1. The maximum absolute atomic E-state index is 11.9. The van der Waals surface area contributed by atoms with Crippen molar-refractivity contribution in [2.75, 3.05) is 31.1 Å². The predicted molar refractivity (Wildman–Crippen MR) is 105 cm³/mol. The van der Waals surface area contributed by atoms with Crippen LogP contribution in [0.4, 0.5) is 10.5 Å². The number of ether oxygens (including phenoxy) is 1. The van der Waals surface area contributed by atoms with Crippen LogP contribution in [0.25, 0.3) is 0 Å². The monoisotopic (exact) mass is 391 g/mol. The van der Waals surface area contributed by atoms with Crippen LogP contribution in [0.5, 0.6) is 0 Å². The highest BCUT2D eigenvalue weighted by molar-refractivity contribution is 5.80. The number of nitrogens with zero attached hydrogens (tertiary/aromatic N) is 2. The van der Waals surface area contributed by atoms with Gasteiger partial charge in [-0.3, -0.25) is 4.79 Å². The number of carboxylic acids is 1. The van der Waals surface area contributed by atoms with Gasteiger partial charge in [0.15, 0.2) is 0 Å². The summed E-state index contributed by atoms with van der Waals surface area (Å²) in [4.78, 5) is 38.8. The summed E-state index contributed by atoms with van der Waals surface area (Å²) in [5.41, 5.74) is 1.13. The average molecular weight is 391 g/mol. The standard InChI is InChI=1S/C20H29N3O5/c1-14(24)22-9-11-23(12-10-22)16-7-5-15(6-8-16)13-17(18(25)26)21-19(27)28-20(2,3)4/h5-8,17H,9-13H2,1-4H3,(H,21,27)(H,25,26). The molecule has 8 nitrogen and oxygen atoms in total. The van der Waals surface area contributed by atoms with Gasteiger partial charge in [-0.2, -0.15) is 0 Å². The van der Waals surface area contributed by atoms with Gasteiger partial charge in [0, 0.05) is 45.2 Å². The quantitative estimate of drug-likeness (QED) is 0.795. The summed E-state index contributed by atoms with van der Waals surface area (Å²) in [6.45, 7) is 9.64. The molecule has 0 spiro atoms. The summed E-state index contributed by atoms with van der Waals surface area (Å²) in [7, 11) is 0. The molecule has 0 radical (unpaired) electrons. The van der Waals surface area contributed by atoms with Gasteiger partial charge in [-0.05, 0) is 38.5 Å². The number of hydrogen-bond acceptors (Lipinski definition) is 5. The fourth-order valence-corrected chi connectivity index (χ4v) is 3.01. The van der Waals surface area contributed by atoms with Gasteiger partial charge in [-0.25, -0.2) is 9.59 Å². The van der Waals surface area contributed by atoms with Crippen molar-refractivity contribution in [2.45, 2.75) is 45.8 Å². The fourth-order valence-electron chi connectivity index (χ4n) is 3.01. The first-order valence-electron chi connectivity index (χ1n) is 9.37. The number of nitrogens with one attached hydrogen (secondary N) is 1. The normalized spacial score (nSPS) is 15.7. The molecule has 2 amide bonds. The van der Waals surface area contributed by atoms with Crippen molar-refractivity contribution in [3.05, 3.63) is 29.8 Å². The molecule has 154 valence electrons. The number of carbonyl (C=O) groups is 3. The number of anilines is 1. The minimum Gasteiger partial charge on any atom is -0.480 e. The second-order valence-corrected chi connectivity index (χ2v) is 7.90. The lowest BCUT2D eigenvalue weighted by Gasteiger charge is -2.35. The van der Waals surface area contributed by atoms with Crippen LogP contribution in [-0.2, 0) is 20.7 Å². The maximum atomic E-state index is 11.9. The molecule has 8 heteroatoms. The van der Waals surface area contributed by atoms with E-state index in [1.807, 2.05) is 29.2 Å². The zero-order chi connectivity index (χ0) is 20.9. The lowest BCUT2D eigenvalue weighted by Crippen LogP contribution is -2.48. The van der Waals surface area contributed by atoms with Gasteiger partial charge in [0.05, 0.1) is 0 Å². The summed E-state index contributed by atoms with van der Waals surface area (Å²) >= 11 is 0. The highest BCUT2D eigenvalue weighted by Crippen LogP contribution is 2.18. The number of benzene rings is 1. The van der Waals surface area contributed by atoms with Crippen LogP contribution >= 0.6 is 0 Å². The molecule has 28 heavy (non-hydrogen) atoms. The Labute approximate surface area is 165 Å². The zero-order valence-corrected chi connectivity index (χ0v) is 16.9. The van der Waals surface area contributed by atoms with E-state index in [1.54, 1.807) is 27.7 Å². The first-order chi connectivity index (χ1) is 13.0. The molecule has 1 heterocycles. The third-order valence-electron chi connectivity index (χ3n) is 4.46. The van der Waals surface area contributed by atoms with E-state index in [2.05, 4.69) is 10.2 Å². The highest BCUT2D eigenvalue weighted by Gasteiger charge is 2.24. The van der Waals surface area contributed by atoms with Crippen molar-refractivity contribution < 1.29 is 24.2 Å². The third kappa shape index (κ3) is 6.44. The number of rotatable bonds is 5. The molecular formula is C20H29N3O5. The van der Waals surface area contributed by atoms with E-state index in [0.717, 1.165) is 24.3 Å². The molecule has 1 aliphatic rings. The Morgan fingerprint density at radius 2 is 1.68 bits per heavy atom. The Bertz CT molecular complexity index is 704. The minimum atomic E-state index is -1.12. The van der Waals surface area contributed by atoms with Crippen LogP contribution in [0.2, 0.25) is 0 Å². The lowest BCUT2D eigenvalue weighted by atomic mass is 10.1. The summed E-state index contributed by atoms with van der Waals surface area (Å²) in [5, 5.41) is 11.8. The molecular weight excluding hydrogens is 362 g/mol. The summed E-state index contributed by atoms with van der Waals surface area (Å²) in [6.07, 6.45) is -0.590. The van der Waals surface area contributed by atoms with Crippen LogP contribution < -0.4 is 10.2 Å². The smallest absolute Gasteiger partial charge is 0.408 e. The molecule has 0 saturated carbocycles. The maximum Gasteiger partial charge on any atom is 0.408 e. The van der Waals surface area contributed by atoms with E-state index in [4.69, 9.17) is 4.74 Å². The summed E-state index contributed by atoms with van der Waals surface area (Å²) in [6, 6.07) is 6.52. The Morgan fingerprint density at radius 3 is 2.14 bits per heavy atom. The Balaban J connectivity index is 1.95. The van der Waals surface area contributed by atoms with Crippen molar-refractivity contribution in [1.82, 2.24) is 10.2 Å². The van der Waals surface area contributed by atoms with Crippen molar-refractivity contribution >= 4 is 23.7 Å². The molecule has 1 unspecified atom stereocenters. The van der Waals surface area contributed by atoms with Crippen molar-refractivity contribution in [1.29, 1.82) is 0 Å². The average Bonchev–Trinajstić information content (AvgIpc) is 2.60. The van der Waals surface area contributed by atoms with Crippen molar-refractivity contribution in [3.63, 3.8) is 0 Å². The Morgan fingerprint density at radius 1 is 1.11 bits per heavy atom. The Kier molecular flexibility index (Phi) is 6.88. The molecule has 1 aromatic carbocycles. The number of amides is 2. The summed E-state index contributed by atoms with van der Waals surface area (Å²) in [5.74, 6) is -1.03. The molecule has 0 bridgehead atoms. The van der Waals surface area contributed by atoms with Gasteiger partial charge in [0.2, 0.25) is 5.91 Å². The molecule has 1 aromatic rings. The topological polar surface area (TPSA) is 99.2 Å². The molecule has 0 aliphatic carbocycles. The van der Waals surface area contributed by atoms with Gasteiger partial charge in [-0.15, -0.1) is 0 Å². The van der Waals surface area contributed by atoms with Crippen LogP contribution in [0, 0.1) is 0 Å². The fraction of sp³-hybridized carbons (Fsp3) is 0.550. The van der Waals surface area contributed by atoms with Crippen LogP contribution in [0.3, 0.4) is 0 Å². The van der Waals surface area contributed by atoms with Gasteiger partial charge in [0.1, 0.15) is 11.6 Å². The molecule has 1 fully saturated rings. The van der Waals surface area contributed by atoms with E-state index >= 15 is 0 Å².